The van der Waals surface area contributed by atoms with Crippen LogP contribution in [0.4, 0.5) is 0 Å². The summed E-state index contributed by atoms with van der Waals surface area (Å²) in [4.78, 5) is 7.34. The van der Waals surface area contributed by atoms with Gasteiger partial charge in [0.25, 0.3) is 0 Å². The first-order valence-corrected chi connectivity index (χ1v) is 6.42. The van der Waals surface area contributed by atoms with E-state index >= 15 is 0 Å². The molecule has 0 aliphatic rings. The summed E-state index contributed by atoms with van der Waals surface area (Å²) in [6, 6.07) is 6.32. The van der Waals surface area contributed by atoms with Gasteiger partial charge in [-0.1, -0.05) is 6.07 Å². The minimum atomic E-state index is 0.191. The predicted octanol–water partition coefficient (Wildman–Crippen LogP) is 2.04. The normalized spacial score (nSPS) is 12.2. The van der Waals surface area contributed by atoms with E-state index in [9.17, 15) is 0 Å². The number of aromatic nitrogens is 2. The van der Waals surface area contributed by atoms with E-state index in [1.165, 1.54) is 5.56 Å². The van der Waals surface area contributed by atoms with Gasteiger partial charge in [-0.25, -0.2) is 4.98 Å². The van der Waals surface area contributed by atoms with Crippen LogP contribution in [0, 0.1) is 0 Å². The van der Waals surface area contributed by atoms with E-state index in [-0.39, 0.29) is 5.54 Å². The van der Waals surface area contributed by atoms with Crippen molar-refractivity contribution in [2.45, 2.75) is 32.9 Å². The van der Waals surface area contributed by atoms with Crippen molar-refractivity contribution < 1.29 is 0 Å². The average molecular weight is 246 g/mol. The minimum Gasteiger partial charge on any atom is -0.345 e. The van der Waals surface area contributed by atoms with Gasteiger partial charge in [0, 0.05) is 25.2 Å². The number of hydrogen-bond donors (Lipinski definition) is 3. The van der Waals surface area contributed by atoms with Gasteiger partial charge in [-0.2, -0.15) is 0 Å². The molecule has 18 heavy (non-hydrogen) atoms. The number of imidazole rings is 1. The number of benzene rings is 1. The van der Waals surface area contributed by atoms with E-state index in [1.807, 2.05) is 0 Å². The maximum Gasteiger partial charge on any atom is 0.0931 e. The molecule has 1 heterocycles. The zero-order valence-corrected chi connectivity index (χ0v) is 11.4. The molecule has 0 aliphatic heterocycles. The molecule has 1 aromatic carbocycles. The molecule has 0 radical (unpaired) electrons. The molecule has 2 aromatic rings. The Balaban J connectivity index is 1.76. The quantitative estimate of drug-likeness (QED) is 0.708. The van der Waals surface area contributed by atoms with Gasteiger partial charge in [-0.15, -0.1) is 0 Å². The number of fused-ring (bicyclic) bond motifs is 1. The van der Waals surface area contributed by atoms with Gasteiger partial charge in [-0.05, 0) is 38.5 Å². The molecule has 3 N–H and O–H groups in total. The molecule has 0 amide bonds. The first kappa shape index (κ1) is 13.1. The number of H-pyrrole nitrogens is 1. The molecule has 0 spiro atoms. The Morgan fingerprint density at radius 1 is 1.22 bits per heavy atom. The van der Waals surface area contributed by atoms with E-state index in [1.54, 1.807) is 6.33 Å². The van der Waals surface area contributed by atoms with Gasteiger partial charge >= 0.3 is 0 Å². The third-order valence-electron chi connectivity index (χ3n) is 2.77. The van der Waals surface area contributed by atoms with E-state index in [4.69, 9.17) is 0 Å². The van der Waals surface area contributed by atoms with Crippen LogP contribution in [0.15, 0.2) is 24.5 Å². The van der Waals surface area contributed by atoms with Crippen molar-refractivity contribution in [1.29, 1.82) is 0 Å². The SMILES string of the molecule is CC(C)(C)NCCNCc1ccc2nc[nH]c2c1. The molecule has 0 unspecified atom stereocenters. The summed E-state index contributed by atoms with van der Waals surface area (Å²) in [5, 5.41) is 6.89. The van der Waals surface area contributed by atoms with Crippen molar-refractivity contribution in [2.24, 2.45) is 0 Å². The minimum absolute atomic E-state index is 0.191. The van der Waals surface area contributed by atoms with Gasteiger partial charge in [0.2, 0.25) is 0 Å². The van der Waals surface area contributed by atoms with E-state index in [2.05, 4.69) is 59.6 Å². The second-order valence-electron chi connectivity index (χ2n) is 5.61. The fourth-order valence-electron chi connectivity index (χ4n) is 1.85. The topological polar surface area (TPSA) is 52.7 Å². The molecule has 0 bridgehead atoms. The van der Waals surface area contributed by atoms with E-state index in [0.29, 0.717) is 0 Å². The van der Waals surface area contributed by atoms with Crippen LogP contribution < -0.4 is 10.6 Å². The second kappa shape index (κ2) is 5.50. The van der Waals surface area contributed by atoms with E-state index in [0.717, 1.165) is 30.7 Å². The lowest BCUT2D eigenvalue weighted by Gasteiger charge is -2.20. The van der Waals surface area contributed by atoms with Crippen LogP contribution in [0.25, 0.3) is 11.0 Å². The lowest BCUT2D eigenvalue weighted by atomic mass is 10.1. The third kappa shape index (κ3) is 3.82. The maximum absolute atomic E-state index is 4.21. The Kier molecular flexibility index (Phi) is 3.99. The number of aromatic amines is 1. The molecule has 0 saturated carbocycles. The van der Waals surface area contributed by atoms with Gasteiger partial charge in [-0.3, -0.25) is 0 Å². The highest BCUT2D eigenvalue weighted by Gasteiger charge is 2.06. The standard InChI is InChI=1S/C14H22N4/c1-14(2,3)18-7-6-15-9-11-4-5-12-13(8-11)17-10-16-12/h4-5,8,10,15,18H,6-7,9H2,1-3H3,(H,16,17). The second-order valence-corrected chi connectivity index (χ2v) is 5.61. The molecule has 4 heteroatoms. The van der Waals surface area contributed by atoms with Gasteiger partial charge in [0.15, 0.2) is 0 Å². The monoisotopic (exact) mass is 246 g/mol. The maximum atomic E-state index is 4.21. The third-order valence-corrected chi connectivity index (χ3v) is 2.77. The van der Waals surface area contributed by atoms with E-state index < -0.39 is 0 Å². The number of nitrogens with one attached hydrogen (secondary N) is 3. The Morgan fingerprint density at radius 3 is 2.83 bits per heavy atom. The summed E-state index contributed by atoms with van der Waals surface area (Å²) in [6.45, 7) is 9.38. The van der Waals surface area contributed by atoms with Crippen molar-refractivity contribution in [3.8, 4) is 0 Å². The number of rotatable bonds is 5. The lowest BCUT2D eigenvalue weighted by Crippen LogP contribution is -2.40. The van der Waals surface area contributed by atoms with Crippen molar-refractivity contribution in [3.05, 3.63) is 30.1 Å². The van der Waals surface area contributed by atoms with Crippen molar-refractivity contribution >= 4 is 11.0 Å². The summed E-state index contributed by atoms with van der Waals surface area (Å²) in [5.41, 5.74) is 3.59. The average Bonchev–Trinajstić information content (AvgIpc) is 2.74. The Morgan fingerprint density at radius 2 is 2.06 bits per heavy atom. The molecular formula is C14H22N4. The van der Waals surface area contributed by atoms with Crippen molar-refractivity contribution in [2.75, 3.05) is 13.1 Å². The Hall–Kier alpha value is -1.39. The fourth-order valence-corrected chi connectivity index (χ4v) is 1.85. The fraction of sp³-hybridized carbons (Fsp3) is 0.500. The molecule has 2 rings (SSSR count). The lowest BCUT2D eigenvalue weighted by molar-refractivity contribution is 0.421. The molecule has 0 saturated heterocycles. The van der Waals surface area contributed by atoms with Crippen LogP contribution in [0.1, 0.15) is 26.3 Å². The van der Waals surface area contributed by atoms with Gasteiger partial charge in [0.1, 0.15) is 0 Å². The zero-order chi connectivity index (χ0) is 13.0. The first-order chi connectivity index (χ1) is 8.54. The molecule has 0 aliphatic carbocycles. The summed E-state index contributed by atoms with van der Waals surface area (Å²) < 4.78 is 0. The smallest absolute Gasteiger partial charge is 0.0931 e. The Bertz CT molecular complexity index is 496. The van der Waals surface area contributed by atoms with Crippen LogP contribution in [0.5, 0.6) is 0 Å². The van der Waals surface area contributed by atoms with Crippen LogP contribution in [-0.2, 0) is 6.54 Å². The highest BCUT2D eigenvalue weighted by atomic mass is 15.0. The highest BCUT2D eigenvalue weighted by molar-refractivity contribution is 5.74. The first-order valence-electron chi connectivity index (χ1n) is 6.42. The van der Waals surface area contributed by atoms with Crippen LogP contribution >= 0.6 is 0 Å². The van der Waals surface area contributed by atoms with Crippen molar-refractivity contribution in [3.63, 3.8) is 0 Å². The molecule has 0 fully saturated rings. The number of hydrogen-bond acceptors (Lipinski definition) is 3. The summed E-state index contributed by atoms with van der Waals surface area (Å²) in [6.07, 6.45) is 1.73. The predicted molar refractivity (Wildman–Crippen MR) is 75.6 cm³/mol. The van der Waals surface area contributed by atoms with Gasteiger partial charge < -0.3 is 15.6 Å². The summed E-state index contributed by atoms with van der Waals surface area (Å²) in [5.74, 6) is 0. The molecule has 1 aromatic heterocycles. The van der Waals surface area contributed by atoms with Crippen LogP contribution in [-0.4, -0.2) is 28.6 Å². The van der Waals surface area contributed by atoms with Crippen LogP contribution in [0.2, 0.25) is 0 Å². The zero-order valence-electron chi connectivity index (χ0n) is 11.4. The highest BCUT2D eigenvalue weighted by Crippen LogP contribution is 2.11. The largest absolute Gasteiger partial charge is 0.345 e. The molecule has 98 valence electrons. The molecule has 4 nitrogen and oxygen atoms in total. The Labute approximate surface area is 108 Å². The van der Waals surface area contributed by atoms with Crippen LogP contribution in [0.3, 0.4) is 0 Å². The summed E-state index contributed by atoms with van der Waals surface area (Å²) >= 11 is 0. The number of nitrogens with zero attached hydrogens (tertiary/aromatic N) is 1. The molecular weight excluding hydrogens is 224 g/mol. The summed E-state index contributed by atoms with van der Waals surface area (Å²) in [7, 11) is 0. The van der Waals surface area contributed by atoms with Gasteiger partial charge in [0.05, 0.1) is 17.4 Å². The molecule has 0 atom stereocenters. The van der Waals surface area contributed by atoms with Crippen molar-refractivity contribution in [1.82, 2.24) is 20.6 Å².